The Morgan fingerprint density at radius 1 is 1.46 bits per heavy atom. The Balaban J connectivity index is 3.47. The Morgan fingerprint density at radius 2 is 2.08 bits per heavy atom. The molecule has 1 aromatic rings. The summed E-state index contributed by atoms with van der Waals surface area (Å²) >= 11 is 3.88. The highest BCUT2D eigenvalue weighted by molar-refractivity contribution is 14.1. The smallest absolute Gasteiger partial charge is 0.336 e. The van der Waals surface area contributed by atoms with E-state index in [0.717, 1.165) is 3.57 Å². The number of hydrogen-bond donors (Lipinski definition) is 1. The molecule has 1 rings (SSSR count). The number of benzene rings is 1. The first-order valence-electron chi connectivity index (χ1n) is 3.19. The minimum atomic E-state index is -1.00. The van der Waals surface area contributed by atoms with Gasteiger partial charge in [0.15, 0.2) is 0 Å². The van der Waals surface area contributed by atoms with Gasteiger partial charge < -0.3 is 5.11 Å². The predicted molar refractivity (Wildman–Crippen MR) is 63.6 cm³/mol. The van der Waals surface area contributed by atoms with Gasteiger partial charge >= 0.3 is 5.97 Å². The van der Waals surface area contributed by atoms with Crippen LogP contribution < -0.4 is 0 Å². The molecule has 0 saturated carbocycles. The number of carboxylic acid groups (broad SMARTS) is 1. The van der Waals surface area contributed by atoms with Crippen LogP contribution in [0.2, 0.25) is 0 Å². The van der Waals surface area contributed by atoms with E-state index in [0.29, 0.717) is 9.13 Å². The topological polar surface area (TPSA) is 61.1 Å². The second kappa shape index (κ2) is 4.23. The molecule has 3 nitrogen and oxygen atoms in total. The van der Waals surface area contributed by atoms with Crippen molar-refractivity contribution < 1.29 is 9.90 Å². The zero-order valence-corrected chi connectivity index (χ0v) is 10.5. The molecule has 0 saturated heterocycles. The number of hydrogen-bond acceptors (Lipinski definition) is 2. The van der Waals surface area contributed by atoms with Gasteiger partial charge in [-0.2, -0.15) is 5.26 Å². The molecule has 1 N–H and O–H groups in total. The molecule has 0 radical (unpaired) electrons. The van der Waals surface area contributed by atoms with Crippen LogP contribution in [0.5, 0.6) is 0 Å². The average Bonchev–Trinajstić information content (AvgIpc) is 2.04. The second-order valence-electron chi connectivity index (χ2n) is 2.20. The summed E-state index contributed by atoms with van der Waals surface area (Å²) < 4.78 is 1.27. The van der Waals surface area contributed by atoms with Crippen molar-refractivity contribution in [2.24, 2.45) is 0 Å². The van der Waals surface area contributed by atoms with Crippen molar-refractivity contribution in [2.45, 2.75) is 0 Å². The minimum absolute atomic E-state index is 0.178. The van der Waals surface area contributed by atoms with E-state index < -0.39 is 5.97 Å². The van der Waals surface area contributed by atoms with Crippen LogP contribution in [0.1, 0.15) is 15.9 Å². The Bertz CT molecular complexity index is 409. The first-order chi connectivity index (χ1) is 6.07. The average molecular weight is 399 g/mol. The molecule has 0 aromatic heterocycles. The maximum atomic E-state index is 10.7. The van der Waals surface area contributed by atoms with Crippen LogP contribution in [0.15, 0.2) is 12.1 Å². The maximum Gasteiger partial charge on any atom is 0.336 e. The summed E-state index contributed by atoms with van der Waals surface area (Å²) in [6.45, 7) is 0. The van der Waals surface area contributed by atoms with Gasteiger partial charge in [0.25, 0.3) is 0 Å². The van der Waals surface area contributed by atoms with Gasteiger partial charge in [0.2, 0.25) is 0 Å². The molecule has 1 aromatic carbocycles. The number of aromatic carboxylic acids is 1. The molecule has 5 heteroatoms. The molecule has 0 aliphatic rings. The lowest BCUT2D eigenvalue weighted by Gasteiger charge is -2.02. The molecule has 66 valence electrons. The summed E-state index contributed by atoms with van der Waals surface area (Å²) in [6, 6.07) is 5.12. The van der Waals surface area contributed by atoms with Gasteiger partial charge in [-0.25, -0.2) is 4.79 Å². The van der Waals surface area contributed by atoms with E-state index in [1.165, 1.54) is 6.07 Å². The van der Waals surface area contributed by atoms with Gasteiger partial charge in [0.05, 0.1) is 11.1 Å². The van der Waals surface area contributed by atoms with Crippen molar-refractivity contribution in [2.75, 3.05) is 0 Å². The highest BCUT2D eigenvalue weighted by atomic mass is 127. The van der Waals surface area contributed by atoms with Crippen molar-refractivity contribution in [1.29, 1.82) is 5.26 Å². The van der Waals surface area contributed by atoms with E-state index in [2.05, 4.69) is 0 Å². The van der Waals surface area contributed by atoms with Gasteiger partial charge in [-0.15, -0.1) is 0 Å². The van der Waals surface area contributed by atoms with Crippen LogP contribution in [0, 0.1) is 18.5 Å². The predicted octanol–water partition coefficient (Wildman–Crippen LogP) is 2.47. The number of halogens is 2. The maximum absolute atomic E-state index is 10.7. The summed E-state index contributed by atoms with van der Waals surface area (Å²) in [5.41, 5.74) is 0.610. The Labute approximate surface area is 102 Å². The van der Waals surface area contributed by atoms with E-state index in [1.54, 1.807) is 6.07 Å². The number of nitriles is 1. The first kappa shape index (κ1) is 10.7. The lowest BCUT2D eigenvalue weighted by molar-refractivity contribution is 0.0695. The number of nitrogens with zero attached hydrogens (tertiary/aromatic N) is 1. The van der Waals surface area contributed by atoms with Crippen LogP contribution in [-0.4, -0.2) is 11.1 Å². The molecule has 13 heavy (non-hydrogen) atoms. The largest absolute Gasteiger partial charge is 0.478 e. The fourth-order valence-corrected chi connectivity index (χ4v) is 2.73. The van der Waals surface area contributed by atoms with Gasteiger partial charge in [0.1, 0.15) is 6.07 Å². The molecule has 0 amide bonds. The minimum Gasteiger partial charge on any atom is -0.478 e. The van der Waals surface area contributed by atoms with Crippen LogP contribution in [-0.2, 0) is 0 Å². The van der Waals surface area contributed by atoms with Gasteiger partial charge in [-0.1, -0.05) is 0 Å². The molecular formula is C8H3I2NO2. The summed E-state index contributed by atoms with van der Waals surface area (Å²) in [6.07, 6.45) is 0. The highest BCUT2D eigenvalue weighted by Crippen LogP contribution is 2.22. The van der Waals surface area contributed by atoms with Gasteiger partial charge in [0, 0.05) is 7.14 Å². The highest BCUT2D eigenvalue weighted by Gasteiger charge is 2.13. The van der Waals surface area contributed by atoms with Crippen LogP contribution >= 0.6 is 45.2 Å². The molecule has 0 aliphatic heterocycles. The van der Waals surface area contributed by atoms with Gasteiger partial charge in [-0.3, -0.25) is 0 Å². The standard InChI is InChI=1S/C8H3I2NO2/c9-6-2-1-4(8(12)13)7(10)5(6)3-11/h1-2H,(H,12,13). The number of carboxylic acids is 1. The summed E-state index contributed by atoms with van der Waals surface area (Å²) in [7, 11) is 0. The van der Waals surface area contributed by atoms with E-state index in [4.69, 9.17) is 10.4 Å². The third kappa shape index (κ3) is 2.11. The molecule has 0 fully saturated rings. The Kier molecular flexibility index (Phi) is 3.49. The third-order valence-electron chi connectivity index (χ3n) is 1.43. The van der Waals surface area contributed by atoms with E-state index >= 15 is 0 Å². The van der Waals surface area contributed by atoms with Crippen molar-refractivity contribution in [3.63, 3.8) is 0 Å². The monoisotopic (exact) mass is 399 g/mol. The Morgan fingerprint density at radius 3 is 2.54 bits per heavy atom. The van der Waals surface area contributed by atoms with Gasteiger partial charge in [-0.05, 0) is 57.3 Å². The molecular weight excluding hydrogens is 396 g/mol. The fraction of sp³-hybridized carbons (Fsp3) is 0. The quantitative estimate of drug-likeness (QED) is 0.739. The first-order valence-corrected chi connectivity index (χ1v) is 5.35. The van der Waals surface area contributed by atoms with Crippen molar-refractivity contribution in [3.05, 3.63) is 30.4 Å². The molecule has 0 unspecified atom stereocenters. The molecule has 0 spiro atoms. The van der Waals surface area contributed by atoms with Crippen molar-refractivity contribution in [3.8, 4) is 6.07 Å². The third-order valence-corrected chi connectivity index (χ3v) is 3.45. The van der Waals surface area contributed by atoms with Crippen molar-refractivity contribution in [1.82, 2.24) is 0 Å². The summed E-state index contributed by atoms with van der Waals surface area (Å²) in [4.78, 5) is 10.7. The van der Waals surface area contributed by atoms with Crippen LogP contribution in [0.25, 0.3) is 0 Å². The molecule has 0 bridgehead atoms. The zero-order chi connectivity index (χ0) is 10.0. The fourth-order valence-electron chi connectivity index (χ4n) is 0.820. The van der Waals surface area contributed by atoms with E-state index in [1.807, 2.05) is 51.3 Å². The Hall–Kier alpha value is -0.360. The SMILES string of the molecule is N#Cc1c(I)ccc(C(=O)O)c1I. The van der Waals surface area contributed by atoms with E-state index in [-0.39, 0.29) is 5.56 Å². The lowest BCUT2D eigenvalue weighted by atomic mass is 10.1. The summed E-state index contributed by atoms with van der Waals surface area (Å²) in [5, 5.41) is 17.5. The van der Waals surface area contributed by atoms with E-state index in [9.17, 15) is 4.79 Å². The zero-order valence-electron chi connectivity index (χ0n) is 6.21. The van der Waals surface area contributed by atoms with Crippen LogP contribution in [0.3, 0.4) is 0 Å². The number of carbonyl (C=O) groups is 1. The van der Waals surface area contributed by atoms with Crippen LogP contribution in [0.4, 0.5) is 0 Å². The lowest BCUT2D eigenvalue weighted by Crippen LogP contribution is -2.02. The number of rotatable bonds is 1. The molecule has 0 aliphatic carbocycles. The normalized spacial score (nSPS) is 9.31. The summed E-state index contributed by atoms with van der Waals surface area (Å²) in [5.74, 6) is -1.00. The second-order valence-corrected chi connectivity index (χ2v) is 4.44. The molecule has 0 heterocycles. The van der Waals surface area contributed by atoms with Crippen molar-refractivity contribution >= 4 is 51.2 Å². The molecule has 0 atom stereocenters.